The second-order valence-electron chi connectivity index (χ2n) is 4.55. The van der Waals surface area contributed by atoms with Crippen LogP contribution in [0.2, 0.25) is 5.02 Å². The van der Waals surface area contributed by atoms with E-state index in [0.29, 0.717) is 21.8 Å². The number of amides is 2. The average Bonchev–Trinajstić information content (AvgIpc) is 2.88. The van der Waals surface area contributed by atoms with Gasteiger partial charge in [-0.05, 0) is 31.0 Å². The molecule has 21 heavy (non-hydrogen) atoms. The highest BCUT2D eigenvalue weighted by molar-refractivity contribution is 7.15. The zero-order chi connectivity index (χ0) is 15.2. The van der Waals surface area contributed by atoms with Crippen LogP contribution in [0.15, 0.2) is 24.3 Å². The third-order valence-corrected chi connectivity index (χ3v) is 4.31. The summed E-state index contributed by atoms with van der Waals surface area (Å²) in [6.07, 6.45) is 2.03. The molecule has 7 heteroatoms. The summed E-state index contributed by atoms with van der Waals surface area (Å²) in [4.78, 5) is 11.9. The molecule has 1 heterocycles. The number of nitrogens with zero attached hydrogens (tertiary/aromatic N) is 2. The maximum Gasteiger partial charge on any atom is 0.325 e. The Morgan fingerprint density at radius 2 is 2.05 bits per heavy atom. The van der Waals surface area contributed by atoms with E-state index in [-0.39, 0.29) is 6.03 Å². The highest BCUT2D eigenvalue weighted by Crippen LogP contribution is 2.28. The van der Waals surface area contributed by atoms with E-state index in [9.17, 15) is 4.79 Å². The Morgan fingerprint density at radius 3 is 2.71 bits per heavy atom. The van der Waals surface area contributed by atoms with Crippen molar-refractivity contribution in [1.82, 2.24) is 10.2 Å². The predicted octanol–water partition coefficient (Wildman–Crippen LogP) is 4.74. The first kappa shape index (κ1) is 15.7. The zero-order valence-electron chi connectivity index (χ0n) is 11.9. The van der Waals surface area contributed by atoms with Crippen molar-refractivity contribution in [3.63, 3.8) is 0 Å². The summed E-state index contributed by atoms with van der Waals surface area (Å²) >= 11 is 7.28. The van der Waals surface area contributed by atoms with Gasteiger partial charge >= 0.3 is 6.03 Å². The van der Waals surface area contributed by atoms with Gasteiger partial charge in [-0.3, -0.25) is 5.32 Å². The van der Waals surface area contributed by atoms with Gasteiger partial charge in [-0.25, -0.2) is 4.79 Å². The molecule has 1 aromatic carbocycles. The molecule has 0 atom stereocenters. The van der Waals surface area contributed by atoms with Crippen molar-refractivity contribution >= 4 is 39.8 Å². The molecule has 2 N–H and O–H groups in total. The lowest BCUT2D eigenvalue weighted by atomic mass is 10.1. The maximum absolute atomic E-state index is 11.9. The molecule has 0 aliphatic rings. The molecule has 0 saturated heterocycles. The predicted molar refractivity (Wildman–Crippen MR) is 87.3 cm³/mol. The van der Waals surface area contributed by atoms with Crippen molar-refractivity contribution in [2.75, 3.05) is 10.6 Å². The molecule has 0 aliphatic heterocycles. The Kier molecular flexibility index (Phi) is 5.52. The lowest BCUT2D eigenvalue weighted by molar-refractivity contribution is 0.262. The summed E-state index contributed by atoms with van der Waals surface area (Å²) in [6, 6.07) is 6.60. The van der Waals surface area contributed by atoms with Crippen molar-refractivity contribution < 1.29 is 4.79 Å². The van der Waals surface area contributed by atoms with Gasteiger partial charge in [0.25, 0.3) is 0 Å². The van der Waals surface area contributed by atoms with Crippen LogP contribution >= 0.6 is 22.9 Å². The minimum atomic E-state index is -0.357. The van der Waals surface area contributed by atoms with Crippen LogP contribution in [-0.4, -0.2) is 16.2 Å². The summed E-state index contributed by atoms with van der Waals surface area (Å²) in [5, 5.41) is 15.5. The van der Waals surface area contributed by atoms with Gasteiger partial charge in [0, 0.05) is 16.6 Å². The number of aromatic nitrogens is 2. The van der Waals surface area contributed by atoms with E-state index < -0.39 is 0 Å². The van der Waals surface area contributed by atoms with Crippen LogP contribution in [0.3, 0.4) is 0 Å². The molecule has 0 saturated carbocycles. The van der Waals surface area contributed by atoms with Gasteiger partial charge in [0.2, 0.25) is 5.13 Å². The standard InChI is InChI=1S/C14H17ClN4OS/c1-3-9(4-2)12-18-19-14(21-12)17-13(20)16-11-7-5-6-10(15)8-11/h5-9H,3-4H2,1-2H3,(H2,16,17,19,20). The van der Waals surface area contributed by atoms with Crippen molar-refractivity contribution in [2.45, 2.75) is 32.6 Å². The number of nitrogens with one attached hydrogen (secondary N) is 2. The molecule has 112 valence electrons. The SMILES string of the molecule is CCC(CC)c1nnc(NC(=O)Nc2cccc(Cl)c2)s1. The Balaban J connectivity index is 1.97. The van der Waals surface area contributed by atoms with Gasteiger partial charge in [0.05, 0.1) is 0 Å². The summed E-state index contributed by atoms with van der Waals surface area (Å²) < 4.78 is 0. The fourth-order valence-corrected chi connectivity index (χ4v) is 3.11. The van der Waals surface area contributed by atoms with Crippen LogP contribution in [-0.2, 0) is 0 Å². The smallest absolute Gasteiger partial charge is 0.308 e. The highest BCUT2D eigenvalue weighted by atomic mass is 35.5. The van der Waals surface area contributed by atoms with Gasteiger partial charge in [-0.15, -0.1) is 10.2 Å². The second-order valence-corrected chi connectivity index (χ2v) is 5.99. The fraction of sp³-hybridized carbons (Fsp3) is 0.357. The van der Waals surface area contributed by atoms with Gasteiger partial charge in [0.15, 0.2) is 0 Å². The molecule has 0 spiro atoms. The zero-order valence-corrected chi connectivity index (χ0v) is 13.5. The van der Waals surface area contributed by atoms with E-state index >= 15 is 0 Å². The lowest BCUT2D eigenvalue weighted by Gasteiger charge is -2.06. The van der Waals surface area contributed by atoms with E-state index in [1.54, 1.807) is 24.3 Å². The Labute approximate surface area is 132 Å². The molecule has 0 bridgehead atoms. The first-order chi connectivity index (χ1) is 10.1. The maximum atomic E-state index is 11.9. The van der Waals surface area contributed by atoms with Gasteiger partial charge < -0.3 is 5.32 Å². The van der Waals surface area contributed by atoms with Crippen molar-refractivity contribution in [1.29, 1.82) is 0 Å². The molecule has 2 amide bonds. The summed E-state index contributed by atoms with van der Waals surface area (Å²) in [6.45, 7) is 4.24. The van der Waals surface area contributed by atoms with Crippen LogP contribution < -0.4 is 10.6 Å². The van der Waals surface area contributed by atoms with Gasteiger partial charge in [0.1, 0.15) is 5.01 Å². The third kappa shape index (κ3) is 4.41. The monoisotopic (exact) mass is 324 g/mol. The number of hydrogen-bond acceptors (Lipinski definition) is 4. The van der Waals surface area contributed by atoms with E-state index in [1.165, 1.54) is 11.3 Å². The van der Waals surface area contributed by atoms with Crippen LogP contribution in [0.4, 0.5) is 15.6 Å². The second kappa shape index (κ2) is 7.38. The number of rotatable bonds is 5. The van der Waals surface area contributed by atoms with E-state index in [4.69, 9.17) is 11.6 Å². The fourth-order valence-electron chi connectivity index (χ4n) is 1.91. The number of hydrogen-bond donors (Lipinski definition) is 2. The largest absolute Gasteiger partial charge is 0.325 e. The van der Waals surface area contributed by atoms with Gasteiger partial charge in [-0.2, -0.15) is 0 Å². The topological polar surface area (TPSA) is 66.9 Å². The van der Waals surface area contributed by atoms with Crippen molar-refractivity contribution in [3.8, 4) is 0 Å². The molecule has 0 aliphatic carbocycles. The first-order valence-corrected chi connectivity index (χ1v) is 7.98. The van der Waals surface area contributed by atoms with Crippen LogP contribution in [0, 0.1) is 0 Å². The number of urea groups is 1. The number of benzene rings is 1. The summed E-state index contributed by atoms with van der Waals surface area (Å²) in [5.74, 6) is 0.397. The molecule has 2 rings (SSSR count). The molecule has 2 aromatic rings. The lowest BCUT2D eigenvalue weighted by Crippen LogP contribution is -2.19. The van der Waals surface area contributed by atoms with E-state index in [1.807, 2.05) is 0 Å². The summed E-state index contributed by atoms with van der Waals surface area (Å²) in [7, 11) is 0. The normalized spacial score (nSPS) is 10.7. The number of carbonyl (C=O) groups excluding carboxylic acids is 1. The van der Waals surface area contributed by atoms with Crippen molar-refractivity contribution in [2.24, 2.45) is 0 Å². The first-order valence-electron chi connectivity index (χ1n) is 6.79. The average molecular weight is 325 g/mol. The molecule has 0 fully saturated rings. The van der Waals surface area contributed by atoms with Crippen LogP contribution in [0.1, 0.15) is 37.6 Å². The highest BCUT2D eigenvalue weighted by Gasteiger charge is 2.14. The minimum absolute atomic E-state index is 0.357. The quantitative estimate of drug-likeness (QED) is 0.834. The Morgan fingerprint density at radius 1 is 1.29 bits per heavy atom. The molecule has 1 aromatic heterocycles. The third-order valence-electron chi connectivity index (χ3n) is 3.08. The molecular weight excluding hydrogens is 308 g/mol. The molecule has 5 nitrogen and oxygen atoms in total. The summed E-state index contributed by atoms with van der Waals surface area (Å²) in [5.41, 5.74) is 0.629. The molecular formula is C14H17ClN4OS. The Hall–Kier alpha value is -1.66. The number of anilines is 2. The van der Waals surface area contributed by atoms with Crippen molar-refractivity contribution in [3.05, 3.63) is 34.3 Å². The number of carbonyl (C=O) groups is 1. The van der Waals surface area contributed by atoms with Gasteiger partial charge in [-0.1, -0.05) is 42.9 Å². The van der Waals surface area contributed by atoms with E-state index in [0.717, 1.165) is 17.8 Å². The molecule has 0 unspecified atom stereocenters. The minimum Gasteiger partial charge on any atom is -0.308 e. The Bertz CT molecular complexity index is 613. The van der Waals surface area contributed by atoms with Crippen LogP contribution in [0.25, 0.3) is 0 Å². The van der Waals surface area contributed by atoms with Crippen LogP contribution in [0.5, 0.6) is 0 Å². The molecule has 0 radical (unpaired) electrons. The van der Waals surface area contributed by atoms with E-state index in [2.05, 4.69) is 34.7 Å². The number of halogens is 1.